The van der Waals surface area contributed by atoms with E-state index in [0.717, 1.165) is 77.4 Å². The van der Waals surface area contributed by atoms with Crippen molar-refractivity contribution in [2.24, 2.45) is 0 Å². The zero-order chi connectivity index (χ0) is 33.7. The summed E-state index contributed by atoms with van der Waals surface area (Å²) in [4.78, 5) is 4.87. The van der Waals surface area contributed by atoms with E-state index < -0.39 is 0 Å². The molecular weight excluding hydrogens is 639 g/mol. The molecule has 13 rings (SSSR count). The number of hydrogen-bond acceptors (Lipinski definition) is 3. The quantitative estimate of drug-likeness (QED) is 0.173. The third kappa shape index (κ3) is 3.26. The number of fused-ring (bicyclic) bond motifs is 12. The van der Waals surface area contributed by atoms with Crippen molar-refractivity contribution in [3.63, 3.8) is 0 Å². The van der Waals surface area contributed by atoms with Gasteiger partial charge in [-0.3, -0.25) is 4.98 Å². The molecule has 0 N–H and O–H groups in total. The minimum absolute atomic E-state index is 0.872. The first-order valence-corrected chi connectivity index (χ1v) is 17.6. The summed E-state index contributed by atoms with van der Waals surface area (Å²) in [7, 11) is 0. The highest BCUT2D eigenvalue weighted by Gasteiger charge is 2.22. The van der Waals surface area contributed by atoms with Gasteiger partial charge in [-0.25, -0.2) is 0 Å². The normalized spacial score (nSPS) is 12.6. The van der Waals surface area contributed by atoms with Crippen LogP contribution in [0.4, 0.5) is 0 Å². The van der Waals surface area contributed by atoms with Crippen LogP contribution in [0.15, 0.2) is 161 Å². The Morgan fingerprint density at radius 3 is 1.94 bits per heavy atom. The summed E-state index contributed by atoms with van der Waals surface area (Å²) in [6.45, 7) is 0. The van der Waals surface area contributed by atoms with E-state index in [1.54, 1.807) is 0 Å². The number of aromatic nitrogens is 3. The fraction of sp³-hybridized carbons (Fsp3) is 0. The summed E-state index contributed by atoms with van der Waals surface area (Å²) in [6, 6.07) is 52.1. The van der Waals surface area contributed by atoms with Gasteiger partial charge in [0.2, 0.25) is 0 Å². The van der Waals surface area contributed by atoms with Gasteiger partial charge in [0.05, 0.1) is 33.3 Å². The van der Waals surface area contributed by atoms with Crippen LogP contribution in [0.1, 0.15) is 0 Å². The van der Waals surface area contributed by atoms with Gasteiger partial charge in [-0.15, -0.1) is 0 Å². The number of para-hydroxylation sites is 2. The van der Waals surface area contributed by atoms with Gasteiger partial charge in [0, 0.05) is 55.7 Å². The van der Waals surface area contributed by atoms with Crippen molar-refractivity contribution < 1.29 is 8.83 Å². The number of pyridine rings is 1. The largest absolute Gasteiger partial charge is 0.456 e. The van der Waals surface area contributed by atoms with Crippen molar-refractivity contribution in [3.05, 3.63) is 152 Å². The van der Waals surface area contributed by atoms with Gasteiger partial charge < -0.3 is 18.0 Å². The number of furan rings is 2. The third-order valence-corrected chi connectivity index (χ3v) is 11.3. The Labute approximate surface area is 294 Å². The van der Waals surface area contributed by atoms with Crippen molar-refractivity contribution in [1.82, 2.24) is 14.1 Å². The van der Waals surface area contributed by atoms with E-state index in [1.165, 1.54) is 43.1 Å². The van der Waals surface area contributed by atoms with Crippen LogP contribution in [0.25, 0.3) is 121 Å². The summed E-state index contributed by atoms with van der Waals surface area (Å²) in [5.41, 5.74) is 11.2. The first-order valence-electron chi connectivity index (χ1n) is 17.6. The Hall–Kier alpha value is -7.11. The van der Waals surface area contributed by atoms with Crippen LogP contribution in [0.2, 0.25) is 0 Å². The fourth-order valence-electron chi connectivity index (χ4n) is 9.16. The van der Waals surface area contributed by atoms with E-state index in [4.69, 9.17) is 13.8 Å². The van der Waals surface area contributed by atoms with E-state index in [0.29, 0.717) is 0 Å². The lowest BCUT2D eigenvalue weighted by molar-refractivity contribution is 0.669. The van der Waals surface area contributed by atoms with Crippen LogP contribution in [0, 0.1) is 0 Å². The van der Waals surface area contributed by atoms with E-state index in [2.05, 4.69) is 137 Å². The Morgan fingerprint density at radius 2 is 1.02 bits per heavy atom. The van der Waals surface area contributed by atoms with Gasteiger partial charge in [-0.1, -0.05) is 72.8 Å². The van der Waals surface area contributed by atoms with Gasteiger partial charge in [0.15, 0.2) is 0 Å². The van der Waals surface area contributed by atoms with Crippen LogP contribution in [-0.4, -0.2) is 14.1 Å². The fourth-order valence-corrected chi connectivity index (χ4v) is 9.16. The lowest BCUT2D eigenvalue weighted by atomic mass is 9.94. The Morgan fingerprint density at radius 1 is 0.346 bits per heavy atom. The molecule has 0 atom stereocenters. The van der Waals surface area contributed by atoms with Crippen molar-refractivity contribution >= 4 is 109 Å². The highest BCUT2D eigenvalue weighted by Crippen LogP contribution is 2.45. The molecule has 0 spiro atoms. The highest BCUT2D eigenvalue weighted by atomic mass is 16.3. The minimum atomic E-state index is 0.872. The summed E-state index contributed by atoms with van der Waals surface area (Å²) < 4.78 is 17.7. The average Bonchev–Trinajstić information content (AvgIpc) is 3.94. The number of nitrogens with zero attached hydrogens (tertiary/aromatic N) is 3. The van der Waals surface area contributed by atoms with Gasteiger partial charge >= 0.3 is 0 Å². The van der Waals surface area contributed by atoms with Gasteiger partial charge in [0.25, 0.3) is 0 Å². The van der Waals surface area contributed by atoms with Crippen LogP contribution in [0.5, 0.6) is 0 Å². The van der Waals surface area contributed by atoms with Crippen molar-refractivity contribution in [2.45, 2.75) is 0 Å². The van der Waals surface area contributed by atoms with Crippen LogP contribution in [0.3, 0.4) is 0 Å². The summed E-state index contributed by atoms with van der Waals surface area (Å²) in [6.07, 6.45) is 1.87. The van der Waals surface area contributed by atoms with Crippen molar-refractivity contribution in [3.8, 4) is 11.4 Å². The molecule has 0 aliphatic heterocycles. The molecule has 5 aromatic heterocycles. The second-order valence-electron chi connectivity index (χ2n) is 13.9. The molecule has 0 aliphatic carbocycles. The molecule has 5 nitrogen and oxygen atoms in total. The zero-order valence-corrected chi connectivity index (χ0v) is 27.6. The van der Waals surface area contributed by atoms with Crippen molar-refractivity contribution in [2.75, 3.05) is 0 Å². The van der Waals surface area contributed by atoms with E-state index in [-0.39, 0.29) is 0 Å². The minimum Gasteiger partial charge on any atom is -0.456 e. The maximum atomic E-state index is 6.62. The molecule has 13 aromatic rings. The molecule has 0 saturated heterocycles. The predicted octanol–water partition coefficient (Wildman–Crippen LogP) is 12.8. The summed E-state index contributed by atoms with van der Waals surface area (Å²) in [5.74, 6) is 0. The molecule has 0 saturated carbocycles. The zero-order valence-electron chi connectivity index (χ0n) is 27.6. The lowest BCUT2D eigenvalue weighted by Gasteiger charge is -2.13. The van der Waals surface area contributed by atoms with Gasteiger partial charge in [-0.2, -0.15) is 0 Å². The lowest BCUT2D eigenvalue weighted by Crippen LogP contribution is -1.96. The van der Waals surface area contributed by atoms with Crippen molar-refractivity contribution in [1.29, 1.82) is 0 Å². The maximum Gasteiger partial charge on any atom is 0.138 e. The number of benzene rings is 8. The molecular formula is C47H25N3O2. The predicted molar refractivity (Wildman–Crippen MR) is 214 cm³/mol. The van der Waals surface area contributed by atoms with Gasteiger partial charge in [-0.05, 0) is 88.3 Å². The molecule has 0 amide bonds. The Kier molecular flexibility index (Phi) is 4.81. The molecule has 0 radical (unpaired) electrons. The van der Waals surface area contributed by atoms with Crippen LogP contribution < -0.4 is 0 Å². The molecule has 0 fully saturated rings. The second kappa shape index (κ2) is 9.36. The van der Waals surface area contributed by atoms with Crippen LogP contribution >= 0.6 is 0 Å². The number of hydrogen-bond donors (Lipinski definition) is 0. The maximum absolute atomic E-state index is 6.62. The Balaban J connectivity index is 1.11. The second-order valence-corrected chi connectivity index (χ2v) is 13.9. The van der Waals surface area contributed by atoms with Crippen LogP contribution in [-0.2, 0) is 0 Å². The molecule has 240 valence electrons. The SMILES string of the molecule is c1ccc2c(c1)oc1cc3c4ncccc4n(-c4ccc5c(c4)c4ccccc4n5-c4cc5oc6cccc7c8ccccc8c(c4)c5c67)c3cc12. The van der Waals surface area contributed by atoms with Gasteiger partial charge in [0.1, 0.15) is 22.3 Å². The molecule has 0 bridgehead atoms. The smallest absolute Gasteiger partial charge is 0.138 e. The van der Waals surface area contributed by atoms with E-state index in [1.807, 2.05) is 24.4 Å². The summed E-state index contributed by atoms with van der Waals surface area (Å²) >= 11 is 0. The monoisotopic (exact) mass is 663 g/mol. The molecule has 5 heterocycles. The Bertz CT molecular complexity index is 3650. The molecule has 5 heteroatoms. The molecule has 0 aliphatic rings. The van der Waals surface area contributed by atoms with E-state index in [9.17, 15) is 0 Å². The topological polar surface area (TPSA) is 49.0 Å². The molecule has 0 unspecified atom stereocenters. The molecule has 52 heavy (non-hydrogen) atoms. The molecule has 8 aromatic carbocycles. The first kappa shape index (κ1) is 26.7. The standard InChI is InChI=1S/C47H25N3O2/c1-2-10-29-28(9-1)32-13-7-17-42-45(32)46-35(29)22-27(23-44(46)52-42)50-37-14-5-3-11-30(37)33-21-26(18-19-38(33)50)49-39-15-8-20-48-47(39)36-25-43-34(24-40(36)49)31-12-4-6-16-41(31)51-43/h1-25H. The average molecular weight is 664 g/mol. The first-order chi connectivity index (χ1) is 25.8. The number of rotatable bonds is 2. The highest BCUT2D eigenvalue weighted by molar-refractivity contribution is 6.33. The summed E-state index contributed by atoms with van der Waals surface area (Å²) in [5, 5.41) is 13.0. The third-order valence-electron chi connectivity index (χ3n) is 11.3. The van der Waals surface area contributed by atoms with E-state index >= 15 is 0 Å².